The van der Waals surface area contributed by atoms with Gasteiger partial charge in [-0.15, -0.1) is 0 Å². The van der Waals surface area contributed by atoms with Crippen LogP contribution < -0.4 is 10.7 Å². The minimum Gasteiger partial charge on any atom is -0.396 e. The minimum absolute atomic E-state index is 0.0865. The number of likely N-dealkylation sites (tertiary alicyclic amines) is 1. The van der Waals surface area contributed by atoms with Crippen molar-refractivity contribution in [1.29, 1.82) is 0 Å². The zero-order valence-corrected chi connectivity index (χ0v) is 14.2. The predicted molar refractivity (Wildman–Crippen MR) is 95.0 cm³/mol. The highest BCUT2D eigenvalue weighted by Gasteiger charge is 2.44. The third-order valence-corrected chi connectivity index (χ3v) is 5.81. The van der Waals surface area contributed by atoms with Crippen molar-refractivity contribution >= 4 is 10.9 Å². The lowest BCUT2D eigenvalue weighted by atomic mass is 9.71. The smallest absolute Gasteiger partial charge is 0.189 e. The first-order valence-electron chi connectivity index (χ1n) is 8.98. The standard InChI is InChI=1S/C19H24FN3O2/c20-13-2-3-16-15(8-13)17(25)9-14(22-16)10-23-7-4-18-19(11-23,12-24)5-1-6-21-18/h2-3,8-9,18,21,24H,1,4-7,10-12H2,(H,22,25)/t18-,19-/m0/s1. The molecule has 5 nitrogen and oxygen atoms in total. The molecule has 2 aliphatic rings. The van der Waals surface area contributed by atoms with E-state index in [1.807, 2.05) is 0 Å². The molecule has 0 spiro atoms. The Balaban J connectivity index is 1.57. The lowest BCUT2D eigenvalue weighted by molar-refractivity contribution is -0.0226. The molecule has 0 saturated carbocycles. The molecule has 0 unspecified atom stereocenters. The molecule has 0 amide bonds. The number of rotatable bonds is 3. The van der Waals surface area contributed by atoms with Crippen molar-refractivity contribution < 1.29 is 9.50 Å². The number of aromatic nitrogens is 1. The molecule has 2 aliphatic heterocycles. The number of aliphatic hydroxyl groups excluding tert-OH is 1. The van der Waals surface area contributed by atoms with Crippen LogP contribution in [0, 0.1) is 11.2 Å². The fraction of sp³-hybridized carbons (Fsp3) is 0.526. The molecule has 3 heterocycles. The Labute approximate surface area is 145 Å². The molecule has 2 fully saturated rings. The van der Waals surface area contributed by atoms with Crippen LogP contribution in [0.15, 0.2) is 29.1 Å². The molecule has 0 bridgehead atoms. The second-order valence-corrected chi connectivity index (χ2v) is 7.48. The number of H-pyrrole nitrogens is 1. The number of nitrogens with one attached hydrogen (secondary N) is 2. The van der Waals surface area contributed by atoms with Crippen LogP contribution in [0.4, 0.5) is 4.39 Å². The van der Waals surface area contributed by atoms with Gasteiger partial charge in [0, 0.05) is 53.8 Å². The highest BCUT2D eigenvalue weighted by atomic mass is 19.1. The first-order chi connectivity index (χ1) is 12.1. The summed E-state index contributed by atoms with van der Waals surface area (Å²) in [5, 5.41) is 13.9. The van der Waals surface area contributed by atoms with Crippen LogP contribution in [0.1, 0.15) is 25.0 Å². The molecule has 134 valence electrons. The van der Waals surface area contributed by atoms with E-state index in [1.165, 1.54) is 12.1 Å². The monoisotopic (exact) mass is 345 g/mol. The number of hydrogen-bond donors (Lipinski definition) is 3. The van der Waals surface area contributed by atoms with Crippen LogP contribution in [0.5, 0.6) is 0 Å². The van der Waals surface area contributed by atoms with E-state index in [9.17, 15) is 14.3 Å². The summed E-state index contributed by atoms with van der Waals surface area (Å²) in [6.45, 7) is 3.61. The molecule has 0 radical (unpaired) electrons. The first kappa shape index (κ1) is 16.7. The number of fused-ring (bicyclic) bond motifs is 2. The molecule has 25 heavy (non-hydrogen) atoms. The summed E-state index contributed by atoms with van der Waals surface area (Å²) in [4.78, 5) is 17.8. The van der Waals surface area contributed by atoms with E-state index >= 15 is 0 Å². The minimum atomic E-state index is -0.400. The lowest BCUT2D eigenvalue weighted by Gasteiger charge is -2.50. The van der Waals surface area contributed by atoms with E-state index in [-0.39, 0.29) is 17.5 Å². The van der Waals surface area contributed by atoms with E-state index in [1.54, 1.807) is 12.1 Å². The Morgan fingerprint density at radius 1 is 1.36 bits per heavy atom. The summed E-state index contributed by atoms with van der Waals surface area (Å²) >= 11 is 0. The second kappa shape index (κ2) is 6.52. The van der Waals surface area contributed by atoms with Crippen LogP contribution in [-0.4, -0.2) is 47.3 Å². The Morgan fingerprint density at radius 2 is 2.24 bits per heavy atom. The Morgan fingerprint density at radius 3 is 3.08 bits per heavy atom. The van der Waals surface area contributed by atoms with Gasteiger partial charge in [-0.05, 0) is 44.0 Å². The van der Waals surface area contributed by atoms with Gasteiger partial charge in [-0.1, -0.05) is 0 Å². The summed E-state index contributed by atoms with van der Waals surface area (Å²) in [7, 11) is 0. The van der Waals surface area contributed by atoms with Crippen molar-refractivity contribution in [3.05, 3.63) is 46.0 Å². The topological polar surface area (TPSA) is 68.4 Å². The quantitative estimate of drug-likeness (QED) is 0.790. The molecule has 4 rings (SSSR count). The summed E-state index contributed by atoms with van der Waals surface area (Å²) in [6, 6.07) is 6.20. The Bertz CT molecular complexity index is 837. The van der Waals surface area contributed by atoms with Gasteiger partial charge >= 0.3 is 0 Å². The van der Waals surface area contributed by atoms with Gasteiger partial charge in [-0.3, -0.25) is 9.69 Å². The number of hydrogen-bond acceptors (Lipinski definition) is 4. The Kier molecular flexibility index (Phi) is 4.35. The summed E-state index contributed by atoms with van der Waals surface area (Å²) in [6.07, 6.45) is 3.12. The van der Waals surface area contributed by atoms with Gasteiger partial charge in [0.05, 0.1) is 6.61 Å². The molecule has 1 aromatic heterocycles. The van der Waals surface area contributed by atoms with Gasteiger partial charge in [-0.2, -0.15) is 0 Å². The molecule has 2 saturated heterocycles. The number of nitrogens with zero attached hydrogens (tertiary/aromatic N) is 1. The van der Waals surface area contributed by atoms with Crippen molar-refractivity contribution in [1.82, 2.24) is 15.2 Å². The van der Waals surface area contributed by atoms with Crippen LogP contribution in [0.2, 0.25) is 0 Å². The third-order valence-electron chi connectivity index (χ3n) is 5.81. The summed E-state index contributed by atoms with van der Waals surface area (Å²) in [5.41, 5.74) is 1.25. The number of aliphatic hydroxyl groups is 1. The molecule has 2 aromatic rings. The van der Waals surface area contributed by atoms with Gasteiger partial charge in [0.2, 0.25) is 0 Å². The first-order valence-corrected chi connectivity index (χ1v) is 8.98. The zero-order chi connectivity index (χ0) is 17.4. The molecular formula is C19H24FN3O2. The van der Waals surface area contributed by atoms with Gasteiger partial charge < -0.3 is 15.4 Å². The zero-order valence-electron chi connectivity index (χ0n) is 14.2. The van der Waals surface area contributed by atoms with Crippen LogP contribution in [0.3, 0.4) is 0 Å². The predicted octanol–water partition coefficient (Wildman–Crippen LogP) is 1.60. The summed E-state index contributed by atoms with van der Waals surface area (Å²) < 4.78 is 13.3. The average Bonchev–Trinajstić information content (AvgIpc) is 2.62. The van der Waals surface area contributed by atoms with Crippen molar-refractivity contribution in [2.45, 2.75) is 31.8 Å². The van der Waals surface area contributed by atoms with E-state index < -0.39 is 5.82 Å². The highest BCUT2D eigenvalue weighted by molar-refractivity contribution is 5.78. The average molecular weight is 345 g/mol. The van der Waals surface area contributed by atoms with E-state index in [2.05, 4.69) is 15.2 Å². The van der Waals surface area contributed by atoms with Gasteiger partial charge in [0.25, 0.3) is 0 Å². The molecule has 1 aromatic carbocycles. The maximum atomic E-state index is 13.3. The molecule has 3 N–H and O–H groups in total. The fourth-order valence-electron chi connectivity index (χ4n) is 4.52. The number of halogens is 1. The van der Waals surface area contributed by atoms with Crippen LogP contribution in [-0.2, 0) is 6.54 Å². The van der Waals surface area contributed by atoms with Crippen LogP contribution in [0.25, 0.3) is 10.9 Å². The third kappa shape index (κ3) is 3.10. The largest absolute Gasteiger partial charge is 0.396 e. The van der Waals surface area contributed by atoms with Gasteiger partial charge in [-0.25, -0.2) is 4.39 Å². The molecule has 6 heteroatoms. The molecular weight excluding hydrogens is 321 g/mol. The fourth-order valence-corrected chi connectivity index (χ4v) is 4.52. The van der Waals surface area contributed by atoms with Crippen molar-refractivity contribution in [3.63, 3.8) is 0 Å². The van der Waals surface area contributed by atoms with E-state index in [4.69, 9.17) is 0 Å². The van der Waals surface area contributed by atoms with E-state index in [0.717, 1.165) is 44.6 Å². The second-order valence-electron chi connectivity index (χ2n) is 7.48. The number of aromatic amines is 1. The van der Waals surface area contributed by atoms with Crippen molar-refractivity contribution in [2.75, 3.05) is 26.2 Å². The normalized spacial score (nSPS) is 27.4. The highest BCUT2D eigenvalue weighted by Crippen LogP contribution is 2.37. The maximum Gasteiger partial charge on any atom is 0.189 e. The number of benzene rings is 1. The molecule has 2 atom stereocenters. The van der Waals surface area contributed by atoms with Crippen molar-refractivity contribution in [3.8, 4) is 0 Å². The lowest BCUT2D eigenvalue weighted by Crippen LogP contribution is -2.61. The maximum absolute atomic E-state index is 13.3. The van der Waals surface area contributed by atoms with Gasteiger partial charge in [0.1, 0.15) is 5.82 Å². The van der Waals surface area contributed by atoms with Crippen LogP contribution >= 0.6 is 0 Å². The summed E-state index contributed by atoms with van der Waals surface area (Å²) in [5.74, 6) is -0.400. The number of piperidine rings is 2. The number of pyridine rings is 1. The molecule has 0 aliphatic carbocycles. The SMILES string of the molecule is O=c1cc(CN2CC[C@@H]3NCCC[C@@]3(CO)C2)[nH]c2ccc(F)cc12. The van der Waals surface area contributed by atoms with E-state index in [0.29, 0.717) is 23.5 Å². The van der Waals surface area contributed by atoms with Gasteiger partial charge in [0.15, 0.2) is 5.43 Å². The Hall–Kier alpha value is -1.76. The van der Waals surface area contributed by atoms with Crippen molar-refractivity contribution in [2.24, 2.45) is 5.41 Å².